The molecule has 0 aromatic carbocycles. The van der Waals surface area contributed by atoms with Crippen LogP contribution in [0.1, 0.15) is 0 Å². The van der Waals surface area contributed by atoms with E-state index in [-0.39, 0.29) is 0 Å². The van der Waals surface area contributed by atoms with Gasteiger partial charge < -0.3 is 4.52 Å². The third-order valence-corrected chi connectivity index (χ3v) is 1.91. The van der Waals surface area contributed by atoms with Crippen LogP contribution in [-0.4, -0.2) is 7.11 Å². The summed E-state index contributed by atoms with van der Waals surface area (Å²) in [5.41, 5.74) is 0. The van der Waals surface area contributed by atoms with Crippen LogP contribution in [0, 0.1) is 0 Å². The zero-order valence-electron chi connectivity index (χ0n) is 3.02. The maximum absolute atomic E-state index is 5.19. The fourth-order valence-corrected chi connectivity index (χ4v) is 0. The smallest absolute Gasteiger partial charge is 0.240 e. The topological polar surface area (TPSA) is 9.23 Å². The summed E-state index contributed by atoms with van der Waals surface area (Å²) in [5, 5.41) is 0. The van der Waals surface area contributed by atoms with Crippen molar-refractivity contribution in [1.82, 2.24) is 0 Å². The summed E-state index contributed by atoms with van der Waals surface area (Å²) in [5.74, 6) is 0. The quantitative estimate of drug-likeness (QED) is 0.551. The van der Waals surface area contributed by atoms with E-state index in [2.05, 4.69) is 16.3 Å². The summed E-state index contributed by atoms with van der Waals surface area (Å²) in [6.45, 7) is 0. The van der Waals surface area contributed by atoms with E-state index in [0.717, 1.165) is 0 Å². The SMILES string of the molecule is COP(=S)(Cl)Cl. The Labute approximate surface area is 51.3 Å². The highest BCUT2D eigenvalue weighted by Crippen LogP contribution is 2.57. The minimum atomic E-state index is -2.37. The average molecular weight is 165 g/mol. The molecule has 0 aliphatic heterocycles. The molecular weight excluding hydrogens is 162 g/mol. The molecule has 0 aliphatic rings. The standard InChI is InChI=1S/CH3Cl2OPS/c1-4-5(2,3)6/h1H3. The van der Waals surface area contributed by atoms with Gasteiger partial charge in [-0.15, -0.1) is 0 Å². The largest absolute Gasteiger partial charge is 0.330 e. The van der Waals surface area contributed by atoms with Gasteiger partial charge in [0.15, 0.2) is 0 Å². The van der Waals surface area contributed by atoms with Crippen LogP contribution in [0.25, 0.3) is 0 Å². The van der Waals surface area contributed by atoms with E-state index in [0.29, 0.717) is 0 Å². The second kappa shape index (κ2) is 2.49. The Morgan fingerprint density at radius 3 is 1.83 bits per heavy atom. The van der Waals surface area contributed by atoms with E-state index >= 15 is 0 Å². The molecule has 0 atom stereocenters. The van der Waals surface area contributed by atoms with Crippen molar-refractivity contribution in [2.75, 3.05) is 7.11 Å². The summed E-state index contributed by atoms with van der Waals surface area (Å²) in [4.78, 5) is -2.37. The third kappa shape index (κ3) is 5.19. The summed E-state index contributed by atoms with van der Waals surface area (Å²) in [7, 11) is 1.39. The van der Waals surface area contributed by atoms with Crippen molar-refractivity contribution in [1.29, 1.82) is 0 Å². The fourth-order valence-electron chi connectivity index (χ4n) is 0. The molecule has 5 heteroatoms. The number of hydrogen-bond acceptors (Lipinski definition) is 2. The van der Waals surface area contributed by atoms with Crippen molar-refractivity contribution < 1.29 is 4.52 Å². The lowest BCUT2D eigenvalue weighted by molar-refractivity contribution is 0.479. The lowest BCUT2D eigenvalue weighted by atomic mass is 11.8. The van der Waals surface area contributed by atoms with E-state index in [9.17, 15) is 0 Å². The summed E-state index contributed by atoms with van der Waals surface area (Å²) in [6.07, 6.45) is 0. The predicted octanol–water partition coefficient (Wildman–Crippen LogP) is 2.33. The van der Waals surface area contributed by atoms with Crippen molar-refractivity contribution in [3.05, 3.63) is 0 Å². The monoisotopic (exact) mass is 164 g/mol. The van der Waals surface area contributed by atoms with Crippen molar-refractivity contribution >= 4 is 39.3 Å². The molecule has 38 valence electrons. The van der Waals surface area contributed by atoms with Crippen LogP contribution in [0.15, 0.2) is 0 Å². The first-order valence-electron chi connectivity index (χ1n) is 1.11. The van der Waals surface area contributed by atoms with Gasteiger partial charge in [-0.25, -0.2) is 0 Å². The molecule has 0 rings (SSSR count). The zero-order chi connectivity index (χ0) is 5.21. The van der Waals surface area contributed by atoms with Crippen LogP contribution in [-0.2, 0) is 16.3 Å². The predicted molar refractivity (Wildman–Crippen MR) is 33.0 cm³/mol. The molecule has 0 aliphatic carbocycles. The summed E-state index contributed by atoms with van der Waals surface area (Å²) < 4.78 is 4.39. The minimum Gasteiger partial charge on any atom is -0.330 e. The maximum Gasteiger partial charge on any atom is 0.240 e. The molecule has 0 saturated heterocycles. The molecule has 1 nitrogen and oxygen atoms in total. The van der Waals surface area contributed by atoms with Gasteiger partial charge in [-0.2, -0.15) is 0 Å². The molecule has 0 N–H and O–H groups in total. The molecule has 0 aromatic rings. The van der Waals surface area contributed by atoms with Gasteiger partial charge in [-0.1, -0.05) is 0 Å². The van der Waals surface area contributed by atoms with Crippen LogP contribution in [0.5, 0.6) is 0 Å². The van der Waals surface area contributed by atoms with Gasteiger partial charge in [0.2, 0.25) is 4.97 Å². The van der Waals surface area contributed by atoms with Crippen molar-refractivity contribution in [3.63, 3.8) is 0 Å². The molecule has 0 heterocycles. The molecule has 6 heavy (non-hydrogen) atoms. The van der Waals surface area contributed by atoms with Crippen LogP contribution in [0.2, 0.25) is 0 Å². The van der Waals surface area contributed by atoms with Crippen molar-refractivity contribution in [2.45, 2.75) is 0 Å². The van der Waals surface area contributed by atoms with E-state index in [4.69, 9.17) is 22.5 Å². The first kappa shape index (κ1) is 7.19. The van der Waals surface area contributed by atoms with Gasteiger partial charge in [0.25, 0.3) is 0 Å². The van der Waals surface area contributed by atoms with E-state index in [1.165, 1.54) is 7.11 Å². The zero-order valence-corrected chi connectivity index (χ0v) is 6.24. The Hall–Kier alpha value is 1.19. The van der Waals surface area contributed by atoms with Gasteiger partial charge in [-0.05, 0) is 34.3 Å². The van der Waals surface area contributed by atoms with Gasteiger partial charge in [-0.3, -0.25) is 0 Å². The lowest BCUT2D eigenvalue weighted by Gasteiger charge is -1.95. The second-order valence-electron chi connectivity index (χ2n) is 0.597. The molecule has 0 aromatic heterocycles. The van der Waals surface area contributed by atoms with Gasteiger partial charge in [0, 0.05) is 7.11 Å². The molecule has 0 bridgehead atoms. The van der Waals surface area contributed by atoms with E-state index < -0.39 is 4.97 Å². The number of rotatable bonds is 1. The average Bonchev–Trinajstić information content (AvgIpc) is 1.35. The Morgan fingerprint density at radius 1 is 1.67 bits per heavy atom. The minimum absolute atomic E-state index is 1.39. The molecule has 0 radical (unpaired) electrons. The molecule has 0 saturated carbocycles. The summed E-state index contributed by atoms with van der Waals surface area (Å²) >= 11 is 14.8. The highest BCUT2D eigenvalue weighted by atomic mass is 35.9. The normalized spacial score (nSPS) is 11.8. The first-order chi connectivity index (χ1) is 2.56. The summed E-state index contributed by atoms with van der Waals surface area (Å²) in [6, 6.07) is 0. The number of hydrogen-bond donors (Lipinski definition) is 0. The highest BCUT2D eigenvalue weighted by Gasteiger charge is 2.01. The van der Waals surface area contributed by atoms with E-state index in [1.807, 2.05) is 0 Å². The molecule has 0 spiro atoms. The molecular formula is CH3Cl2OPS. The Bertz CT molecular complexity index is 77.6. The van der Waals surface area contributed by atoms with Crippen LogP contribution in [0.4, 0.5) is 0 Å². The molecule has 0 fully saturated rings. The van der Waals surface area contributed by atoms with Gasteiger partial charge in [0.05, 0.1) is 0 Å². The Morgan fingerprint density at radius 2 is 1.83 bits per heavy atom. The molecule has 0 amide bonds. The van der Waals surface area contributed by atoms with Gasteiger partial charge in [0.1, 0.15) is 0 Å². The van der Waals surface area contributed by atoms with Crippen molar-refractivity contribution in [3.8, 4) is 0 Å². The second-order valence-corrected chi connectivity index (χ2v) is 7.91. The number of halogens is 2. The van der Waals surface area contributed by atoms with Crippen LogP contribution >= 0.6 is 27.5 Å². The van der Waals surface area contributed by atoms with Crippen molar-refractivity contribution in [2.24, 2.45) is 0 Å². The lowest BCUT2D eigenvalue weighted by Crippen LogP contribution is -1.59. The first-order valence-corrected chi connectivity index (χ1v) is 5.64. The Kier molecular flexibility index (Phi) is 2.98. The fraction of sp³-hybridized carbons (Fsp3) is 1.00. The highest BCUT2D eigenvalue weighted by molar-refractivity contribution is 8.36. The third-order valence-electron chi connectivity index (χ3n) is 0.213. The maximum atomic E-state index is 5.19. The van der Waals surface area contributed by atoms with E-state index in [1.54, 1.807) is 0 Å². The van der Waals surface area contributed by atoms with Crippen LogP contribution in [0.3, 0.4) is 0 Å². The van der Waals surface area contributed by atoms with Crippen LogP contribution < -0.4 is 0 Å². The Balaban J connectivity index is 3.48. The molecule has 0 unspecified atom stereocenters. The van der Waals surface area contributed by atoms with Gasteiger partial charge >= 0.3 is 0 Å².